The molecule has 5 nitrogen and oxygen atoms in total. The van der Waals surface area contributed by atoms with Crippen LogP contribution in [0.4, 0.5) is 0 Å². The minimum atomic E-state index is -1.17. The molecule has 0 radical (unpaired) electrons. The summed E-state index contributed by atoms with van der Waals surface area (Å²) >= 11 is 0. The number of Topliss-reactive ketones (excluding diaryl/α,β-unsaturated/α-hetero) is 1. The van der Waals surface area contributed by atoms with Crippen molar-refractivity contribution in [1.29, 1.82) is 0 Å². The van der Waals surface area contributed by atoms with Crippen LogP contribution >= 0.6 is 0 Å². The number of fused-ring (bicyclic) bond motifs is 1. The number of hydrogen-bond donors (Lipinski definition) is 2. The van der Waals surface area contributed by atoms with Gasteiger partial charge in [0.1, 0.15) is 6.04 Å². The molecule has 1 aliphatic rings. The first-order valence-electron chi connectivity index (χ1n) is 5.23. The monoisotopic (exact) mass is 235 g/mol. The third-order valence-corrected chi connectivity index (χ3v) is 3.03. The second-order valence-electron chi connectivity index (χ2n) is 4.17. The van der Waals surface area contributed by atoms with Crippen molar-refractivity contribution in [3.63, 3.8) is 0 Å². The number of esters is 1. The summed E-state index contributed by atoms with van der Waals surface area (Å²) in [6.45, 7) is 2.87. The van der Waals surface area contributed by atoms with Crippen molar-refractivity contribution in [2.24, 2.45) is 0 Å². The molecular weight excluding hydrogens is 222 g/mol. The third kappa shape index (κ3) is 1.64. The van der Waals surface area contributed by atoms with E-state index in [1.807, 2.05) is 5.48 Å². The molecule has 0 bridgehead atoms. The van der Waals surface area contributed by atoms with Crippen LogP contribution in [0.15, 0.2) is 24.3 Å². The molecule has 0 aromatic heterocycles. The summed E-state index contributed by atoms with van der Waals surface area (Å²) in [6, 6.07) is 5.88. The summed E-state index contributed by atoms with van der Waals surface area (Å²) in [7, 11) is 0. The van der Waals surface area contributed by atoms with E-state index in [1.54, 1.807) is 31.2 Å². The van der Waals surface area contributed by atoms with Crippen LogP contribution in [-0.4, -0.2) is 23.0 Å². The van der Waals surface area contributed by atoms with E-state index in [0.29, 0.717) is 11.1 Å². The standard InChI is InChI=1S/C12H13NO4/c1-7(14)17-12(2)9-6-4-3-5-8(9)10(15)11(12)13-16/h3-6,11,13,16H,1-2H3. The van der Waals surface area contributed by atoms with Crippen LogP contribution in [0, 0.1) is 0 Å². The number of carbonyl (C=O) groups is 2. The van der Waals surface area contributed by atoms with Gasteiger partial charge in [-0.2, -0.15) is 5.48 Å². The van der Waals surface area contributed by atoms with Crippen molar-refractivity contribution >= 4 is 11.8 Å². The van der Waals surface area contributed by atoms with E-state index < -0.39 is 17.6 Å². The molecule has 0 saturated carbocycles. The zero-order valence-corrected chi connectivity index (χ0v) is 9.56. The molecule has 0 amide bonds. The molecule has 1 aliphatic carbocycles. The molecule has 2 atom stereocenters. The van der Waals surface area contributed by atoms with Gasteiger partial charge in [-0.15, -0.1) is 0 Å². The van der Waals surface area contributed by atoms with Gasteiger partial charge in [0.25, 0.3) is 0 Å². The predicted octanol–water partition coefficient (Wildman–Crippen LogP) is 1.01. The molecule has 17 heavy (non-hydrogen) atoms. The lowest BCUT2D eigenvalue weighted by molar-refractivity contribution is -0.160. The maximum absolute atomic E-state index is 12.0. The molecule has 2 N–H and O–H groups in total. The Balaban J connectivity index is 2.56. The fraction of sp³-hybridized carbons (Fsp3) is 0.333. The van der Waals surface area contributed by atoms with E-state index in [4.69, 9.17) is 9.94 Å². The molecule has 0 aliphatic heterocycles. The van der Waals surface area contributed by atoms with Crippen molar-refractivity contribution in [2.45, 2.75) is 25.5 Å². The number of hydrogen-bond acceptors (Lipinski definition) is 5. The van der Waals surface area contributed by atoms with Gasteiger partial charge in [0, 0.05) is 18.1 Å². The van der Waals surface area contributed by atoms with E-state index in [2.05, 4.69) is 0 Å². The number of ketones is 1. The van der Waals surface area contributed by atoms with Gasteiger partial charge in [0.15, 0.2) is 11.4 Å². The fourth-order valence-electron chi connectivity index (χ4n) is 2.29. The molecule has 0 fully saturated rings. The average Bonchev–Trinajstić information content (AvgIpc) is 2.48. The van der Waals surface area contributed by atoms with Crippen molar-refractivity contribution in [1.82, 2.24) is 5.48 Å². The summed E-state index contributed by atoms with van der Waals surface area (Å²) < 4.78 is 5.22. The number of nitrogens with one attached hydrogen (secondary N) is 1. The Hall–Kier alpha value is -1.72. The molecule has 0 spiro atoms. The Morgan fingerprint density at radius 3 is 2.71 bits per heavy atom. The molecular formula is C12H13NO4. The summed E-state index contributed by atoms with van der Waals surface area (Å²) in [5, 5.41) is 9.09. The van der Waals surface area contributed by atoms with Crippen LogP contribution in [0.2, 0.25) is 0 Å². The van der Waals surface area contributed by atoms with Crippen molar-refractivity contribution in [2.75, 3.05) is 0 Å². The fourth-order valence-corrected chi connectivity index (χ4v) is 2.29. The quantitative estimate of drug-likeness (QED) is 0.591. The lowest BCUT2D eigenvalue weighted by atomic mass is 9.95. The van der Waals surface area contributed by atoms with E-state index in [-0.39, 0.29) is 5.78 Å². The first kappa shape index (κ1) is 11.8. The van der Waals surface area contributed by atoms with Crippen LogP contribution in [-0.2, 0) is 15.1 Å². The van der Waals surface area contributed by atoms with Gasteiger partial charge in [-0.1, -0.05) is 24.3 Å². The number of hydroxylamine groups is 1. The molecule has 1 aromatic rings. The molecule has 90 valence electrons. The number of ether oxygens (including phenoxy) is 1. The van der Waals surface area contributed by atoms with Gasteiger partial charge in [0.2, 0.25) is 0 Å². The van der Waals surface area contributed by atoms with E-state index in [1.165, 1.54) is 6.92 Å². The lowest BCUT2D eigenvalue weighted by Gasteiger charge is -2.29. The smallest absolute Gasteiger partial charge is 0.303 e. The summed E-state index contributed by atoms with van der Waals surface area (Å²) in [5.41, 5.74) is 1.82. The van der Waals surface area contributed by atoms with Crippen LogP contribution in [0.25, 0.3) is 0 Å². The van der Waals surface area contributed by atoms with Gasteiger partial charge in [-0.3, -0.25) is 9.59 Å². The van der Waals surface area contributed by atoms with Gasteiger partial charge in [0.05, 0.1) is 0 Å². The molecule has 1 aromatic carbocycles. The van der Waals surface area contributed by atoms with E-state index in [9.17, 15) is 9.59 Å². The van der Waals surface area contributed by atoms with Gasteiger partial charge >= 0.3 is 5.97 Å². The Bertz CT molecular complexity index is 485. The van der Waals surface area contributed by atoms with E-state index in [0.717, 1.165) is 0 Å². The highest BCUT2D eigenvalue weighted by Crippen LogP contribution is 2.39. The predicted molar refractivity (Wildman–Crippen MR) is 58.6 cm³/mol. The lowest BCUT2D eigenvalue weighted by Crippen LogP contribution is -2.47. The number of rotatable bonds is 2. The highest BCUT2D eigenvalue weighted by Gasteiger charge is 2.51. The Morgan fingerprint density at radius 2 is 2.12 bits per heavy atom. The SMILES string of the molecule is CC(=O)OC1(C)c2ccccc2C(=O)C1NO. The zero-order valence-electron chi connectivity index (χ0n) is 9.56. The molecule has 2 rings (SSSR count). The maximum Gasteiger partial charge on any atom is 0.303 e. The average molecular weight is 235 g/mol. The third-order valence-electron chi connectivity index (χ3n) is 3.03. The Kier molecular flexibility index (Phi) is 2.73. The highest BCUT2D eigenvalue weighted by atomic mass is 16.6. The first-order valence-corrected chi connectivity index (χ1v) is 5.23. The second-order valence-corrected chi connectivity index (χ2v) is 4.17. The number of carbonyl (C=O) groups excluding carboxylic acids is 2. The van der Waals surface area contributed by atoms with Crippen LogP contribution < -0.4 is 5.48 Å². The molecule has 0 heterocycles. The minimum absolute atomic E-state index is 0.285. The molecule has 2 unspecified atom stereocenters. The van der Waals surface area contributed by atoms with Crippen LogP contribution in [0.1, 0.15) is 29.8 Å². The first-order chi connectivity index (χ1) is 8.00. The van der Waals surface area contributed by atoms with Crippen molar-refractivity contribution in [3.8, 4) is 0 Å². The van der Waals surface area contributed by atoms with Crippen LogP contribution in [0.5, 0.6) is 0 Å². The number of benzene rings is 1. The van der Waals surface area contributed by atoms with Crippen LogP contribution in [0.3, 0.4) is 0 Å². The zero-order chi connectivity index (χ0) is 12.6. The maximum atomic E-state index is 12.0. The van der Waals surface area contributed by atoms with Crippen molar-refractivity contribution < 1.29 is 19.5 Å². The highest BCUT2D eigenvalue weighted by molar-refractivity contribution is 6.06. The van der Waals surface area contributed by atoms with Gasteiger partial charge < -0.3 is 9.94 Å². The molecule has 0 saturated heterocycles. The Labute approximate surface area is 98.3 Å². The second kappa shape index (κ2) is 3.94. The van der Waals surface area contributed by atoms with E-state index >= 15 is 0 Å². The topological polar surface area (TPSA) is 75.6 Å². The van der Waals surface area contributed by atoms with Gasteiger partial charge in [-0.05, 0) is 6.92 Å². The Morgan fingerprint density at radius 1 is 1.47 bits per heavy atom. The summed E-state index contributed by atoms with van der Waals surface area (Å²) in [4.78, 5) is 23.2. The van der Waals surface area contributed by atoms with Crippen molar-refractivity contribution in [3.05, 3.63) is 35.4 Å². The van der Waals surface area contributed by atoms with Gasteiger partial charge in [-0.25, -0.2) is 0 Å². The summed E-state index contributed by atoms with van der Waals surface area (Å²) in [5.74, 6) is -0.788. The summed E-state index contributed by atoms with van der Waals surface area (Å²) in [6.07, 6.45) is 0. The molecule has 5 heteroatoms. The largest absolute Gasteiger partial charge is 0.452 e. The minimum Gasteiger partial charge on any atom is -0.452 e. The normalized spacial score (nSPS) is 26.8.